The molecule has 0 saturated heterocycles. The lowest BCUT2D eigenvalue weighted by Crippen LogP contribution is -2.33. The molecule has 0 fully saturated rings. The predicted octanol–water partition coefficient (Wildman–Crippen LogP) is 4.28. The van der Waals surface area contributed by atoms with E-state index in [1.165, 1.54) is 4.88 Å². The van der Waals surface area contributed by atoms with Crippen molar-refractivity contribution >= 4 is 28.7 Å². The van der Waals surface area contributed by atoms with Crippen LogP contribution in [0.15, 0.2) is 53.9 Å². The molecule has 6 nitrogen and oxygen atoms in total. The molecule has 0 spiro atoms. The summed E-state index contributed by atoms with van der Waals surface area (Å²) in [5, 5.41) is 5.27. The summed E-state index contributed by atoms with van der Waals surface area (Å²) in [5.74, 6) is 1.47. The number of hydrogen-bond donors (Lipinski definition) is 1. The Morgan fingerprint density at radius 3 is 2.84 bits per heavy atom. The SMILES string of the molecule is CNCCC(Oc1cccc(N2CCN(C)c3nc(C)ccc3C2=O)c1)c1cccs1. The van der Waals surface area contributed by atoms with Gasteiger partial charge in [-0.2, -0.15) is 0 Å². The van der Waals surface area contributed by atoms with Crippen LogP contribution in [-0.2, 0) is 0 Å². The highest BCUT2D eigenvalue weighted by Gasteiger charge is 2.27. The Labute approximate surface area is 187 Å². The summed E-state index contributed by atoms with van der Waals surface area (Å²) in [6.45, 7) is 4.10. The number of ether oxygens (including phenoxy) is 1. The van der Waals surface area contributed by atoms with E-state index >= 15 is 0 Å². The van der Waals surface area contributed by atoms with Gasteiger partial charge in [0.1, 0.15) is 17.7 Å². The second-order valence-electron chi connectivity index (χ2n) is 7.71. The van der Waals surface area contributed by atoms with Gasteiger partial charge in [-0.3, -0.25) is 4.79 Å². The van der Waals surface area contributed by atoms with Crippen molar-refractivity contribution in [3.63, 3.8) is 0 Å². The number of carbonyl (C=O) groups excluding carboxylic acids is 1. The number of likely N-dealkylation sites (N-methyl/N-ethyl adjacent to an activating group) is 1. The molecule has 1 aliphatic rings. The van der Waals surface area contributed by atoms with Crippen LogP contribution in [0.4, 0.5) is 11.5 Å². The third-order valence-corrected chi connectivity index (χ3v) is 6.40. The van der Waals surface area contributed by atoms with E-state index in [4.69, 9.17) is 4.74 Å². The zero-order chi connectivity index (χ0) is 21.8. The average Bonchev–Trinajstić information content (AvgIpc) is 3.28. The molecule has 7 heteroatoms. The first kappa shape index (κ1) is 21.3. The summed E-state index contributed by atoms with van der Waals surface area (Å²) in [6, 6.07) is 15.7. The van der Waals surface area contributed by atoms with Gasteiger partial charge in [0.25, 0.3) is 5.91 Å². The number of rotatable bonds is 7. The number of aromatic nitrogens is 1. The highest BCUT2D eigenvalue weighted by atomic mass is 32.1. The number of anilines is 2. The van der Waals surface area contributed by atoms with Gasteiger partial charge in [-0.15, -0.1) is 11.3 Å². The maximum atomic E-state index is 13.4. The van der Waals surface area contributed by atoms with Crippen molar-refractivity contribution in [3.05, 3.63) is 70.0 Å². The molecule has 1 aromatic carbocycles. The topological polar surface area (TPSA) is 57.7 Å². The minimum atomic E-state index is -0.0333. The van der Waals surface area contributed by atoms with Crippen LogP contribution >= 0.6 is 11.3 Å². The van der Waals surface area contributed by atoms with Crippen molar-refractivity contribution in [2.75, 3.05) is 43.5 Å². The third kappa shape index (κ3) is 4.73. The Hall–Kier alpha value is -2.90. The van der Waals surface area contributed by atoms with Crippen molar-refractivity contribution in [2.24, 2.45) is 0 Å². The van der Waals surface area contributed by atoms with Gasteiger partial charge in [0.05, 0.1) is 5.56 Å². The minimum absolute atomic E-state index is 0.0263. The van der Waals surface area contributed by atoms with Gasteiger partial charge in [-0.25, -0.2) is 4.98 Å². The number of nitrogens with one attached hydrogen (secondary N) is 1. The minimum Gasteiger partial charge on any atom is -0.485 e. The Kier molecular flexibility index (Phi) is 6.53. The van der Waals surface area contributed by atoms with Gasteiger partial charge >= 0.3 is 0 Å². The molecule has 2 aromatic heterocycles. The van der Waals surface area contributed by atoms with E-state index in [9.17, 15) is 4.79 Å². The maximum Gasteiger partial charge on any atom is 0.262 e. The Morgan fingerprint density at radius 2 is 2.06 bits per heavy atom. The first-order chi connectivity index (χ1) is 15.1. The Morgan fingerprint density at radius 1 is 1.19 bits per heavy atom. The quantitative estimate of drug-likeness (QED) is 0.599. The van der Waals surface area contributed by atoms with Crippen molar-refractivity contribution in [2.45, 2.75) is 19.4 Å². The van der Waals surface area contributed by atoms with E-state index in [1.54, 1.807) is 11.3 Å². The molecule has 1 amide bonds. The molecule has 1 aliphatic heterocycles. The van der Waals surface area contributed by atoms with E-state index in [0.717, 1.165) is 35.9 Å². The first-order valence-electron chi connectivity index (χ1n) is 10.5. The van der Waals surface area contributed by atoms with Crippen LogP contribution in [-0.4, -0.2) is 44.6 Å². The van der Waals surface area contributed by atoms with Gasteiger partial charge in [0, 0.05) is 48.9 Å². The monoisotopic (exact) mass is 436 g/mol. The standard InChI is InChI=1S/C24H28N4O2S/c1-17-9-10-20-23(26-17)27(3)13-14-28(24(20)29)18-6-4-7-19(16-18)30-21(11-12-25-2)22-8-5-15-31-22/h4-10,15-16,21,25H,11-14H2,1-3H3. The third-order valence-electron chi connectivity index (χ3n) is 5.44. The summed E-state index contributed by atoms with van der Waals surface area (Å²) >= 11 is 1.70. The van der Waals surface area contributed by atoms with Crippen LogP contribution in [0.3, 0.4) is 0 Å². The molecule has 3 heterocycles. The second kappa shape index (κ2) is 9.49. The molecule has 162 valence electrons. The summed E-state index contributed by atoms with van der Waals surface area (Å²) in [4.78, 5) is 23.0. The molecule has 0 radical (unpaired) electrons. The molecule has 4 rings (SSSR count). The van der Waals surface area contributed by atoms with Gasteiger partial charge in [0.2, 0.25) is 0 Å². The van der Waals surface area contributed by atoms with Crippen LogP contribution in [0.1, 0.15) is 33.5 Å². The van der Waals surface area contributed by atoms with Crippen molar-refractivity contribution in [3.8, 4) is 5.75 Å². The van der Waals surface area contributed by atoms with E-state index < -0.39 is 0 Å². The molecule has 0 aliphatic carbocycles. The lowest BCUT2D eigenvalue weighted by Gasteiger charge is -2.23. The van der Waals surface area contributed by atoms with E-state index in [-0.39, 0.29) is 12.0 Å². The first-order valence-corrected chi connectivity index (χ1v) is 11.4. The normalized spacial score (nSPS) is 14.9. The molecule has 3 aromatic rings. The number of pyridine rings is 1. The summed E-state index contributed by atoms with van der Waals surface area (Å²) in [7, 11) is 3.93. The fraction of sp³-hybridized carbons (Fsp3) is 0.333. The largest absolute Gasteiger partial charge is 0.485 e. The smallest absolute Gasteiger partial charge is 0.262 e. The molecular formula is C24H28N4O2S. The number of carbonyl (C=O) groups is 1. The van der Waals surface area contributed by atoms with Crippen molar-refractivity contribution in [1.82, 2.24) is 10.3 Å². The second-order valence-corrected chi connectivity index (χ2v) is 8.69. The highest BCUT2D eigenvalue weighted by molar-refractivity contribution is 7.10. The number of aryl methyl sites for hydroxylation is 1. The molecular weight excluding hydrogens is 408 g/mol. The molecule has 1 unspecified atom stereocenters. The molecule has 1 N–H and O–H groups in total. The van der Waals surface area contributed by atoms with Gasteiger partial charge in [-0.1, -0.05) is 12.1 Å². The van der Waals surface area contributed by atoms with Crippen LogP contribution in [0.5, 0.6) is 5.75 Å². The van der Waals surface area contributed by atoms with Crippen molar-refractivity contribution < 1.29 is 9.53 Å². The maximum absolute atomic E-state index is 13.4. The predicted molar refractivity (Wildman–Crippen MR) is 127 cm³/mol. The van der Waals surface area contributed by atoms with Crippen LogP contribution in [0.2, 0.25) is 0 Å². The molecule has 1 atom stereocenters. The Bertz CT molecular complexity index is 1040. The molecule has 31 heavy (non-hydrogen) atoms. The zero-order valence-corrected chi connectivity index (χ0v) is 19.0. The highest BCUT2D eigenvalue weighted by Crippen LogP contribution is 2.32. The number of amides is 1. The summed E-state index contributed by atoms with van der Waals surface area (Å²) in [5.41, 5.74) is 2.37. The zero-order valence-electron chi connectivity index (χ0n) is 18.2. The van der Waals surface area contributed by atoms with E-state index in [0.29, 0.717) is 18.7 Å². The Balaban J connectivity index is 1.60. The van der Waals surface area contributed by atoms with Gasteiger partial charge in [-0.05, 0) is 56.2 Å². The number of fused-ring (bicyclic) bond motifs is 1. The van der Waals surface area contributed by atoms with E-state index in [1.807, 2.05) is 73.3 Å². The lowest BCUT2D eigenvalue weighted by molar-refractivity contribution is 0.0990. The average molecular weight is 437 g/mol. The fourth-order valence-corrected chi connectivity index (χ4v) is 4.54. The number of benzene rings is 1. The molecule has 0 saturated carbocycles. The summed E-state index contributed by atoms with van der Waals surface area (Å²) in [6.07, 6.45) is 0.842. The fourth-order valence-electron chi connectivity index (χ4n) is 3.75. The van der Waals surface area contributed by atoms with Gasteiger partial charge in [0.15, 0.2) is 0 Å². The van der Waals surface area contributed by atoms with Gasteiger partial charge < -0.3 is 19.9 Å². The number of nitrogens with zero attached hydrogens (tertiary/aromatic N) is 3. The van der Waals surface area contributed by atoms with Crippen LogP contribution in [0.25, 0.3) is 0 Å². The van der Waals surface area contributed by atoms with Crippen LogP contribution < -0.4 is 19.9 Å². The van der Waals surface area contributed by atoms with Crippen molar-refractivity contribution in [1.29, 1.82) is 0 Å². The summed E-state index contributed by atoms with van der Waals surface area (Å²) < 4.78 is 6.37. The number of thiophene rings is 1. The van der Waals surface area contributed by atoms with Crippen LogP contribution in [0, 0.1) is 6.92 Å². The lowest BCUT2D eigenvalue weighted by atomic mass is 10.2. The molecule has 0 bridgehead atoms. The number of hydrogen-bond acceptors (Lipinski definition) is 6. The van der Waals surface area contributed by atoms with E-state index in [2.05, 4.69) is 21.7 Å².